The van der Waals surface area contributed by atoms with Crippen molar-refractivity contribution in [3.8, 4) is 0 Å². The van der Waals surface area contributed by atoms with Gasteiger partial charge in [0.25, 0.3) is 0 Å². The minimum absolute atomic E-state index is 0.0120. The lowest BCUT2D eigenvalue weighted by Crippen LogP contribution is -2.47. The molecular weight excluding hydrogens is 371 g/mol. The number of likely N-dealkylation sites (tertiary alicyclic amines) is 2. The third-order valence-corrected chi connectivity index (χ3v) is 6.57. The SMILES string of the molecule is COCCN1CC(CO)C2(CCN(C(=O)Cc3c(F)cccc3Cl)CC2)C1. The Morgan fingerprint density at radius 3 is 2.78 bits per heavy atom. The van der Waals surface area contributed by atoms with Crippen LogP contribution in [0, 0.1) is 17.2 Å². The maximum Gasteiger partial charge on any atom is 0.227 e. The summed E-state index contributed by atoms with van der Waals surface area (Å²) in [4.78, 5) is 16.8. The van der Waals surface area contributed by atoms with Crippen LogP contribution >= 0.6 is 11.6 Å². The van der Waals surface area contributed by atoms with Gasteiger partial charge in [0.05, 0.1) is 13.0 Å². The molecule has 7 heteroatoms. The van der Waals surface area contributed by atoms with E-state index in [0.717, 1.165) is 32.5 Å². The fourth-order valence-electron chi connectivity index (χ4n) is 4.52. The van der Waals surface area contributed by atoms with Crippen LogP contribution in [0.25, 0.3) is 0 Å². The van der Waals surface area contributed by atoms with Crippen molar-refractivity contribution in [3.63, 3.8) is 0 Å². The van der Waals surface area contributed by atoms with E-state index in [1.54, 1.807) is 24.1 Å². The van der Waals surface area contributed by atoms with Crippen molar-refractivity contribution in [1.29, 1.82) is 0 Å². The van der Waals surface area contributed by atoms with E-state index < -0.39 is 5.82 Å². The van der Waals surface area contributed by atoms with Crippen LogP contribution in [0.4, 0.5) is 4.39 Å². The number of methoxy groups -OCH3 is 1. The Morgan fingerprint density at radius 2 is 2.15 bits per heavy atom. The molecule has 0 bridgehead atoms. The first-order chi connectivity index (χ1) is 13.0. The van der Waals surface area contributed by atoms with Gasteiger partial charge in [-0.3, -0.25) is 4.79 Å². The highest BCUT2D eigenvalue weighted by atomic mass is 35.5. The van der Waals surface area contributed by atoms with Gasteiger partial charge in [0.2, 0.25) is 5.91 Å². The molecule has 0 saturated carbocycles. The van der Waals surface area contributed by atoms with Crippen LogP contribution in [0.15, 0.2) is 18.2 Å². The molecule has 3 rings (SSSR count). The van der Waals surface area contributed by atoms with Gasteiger partial charge in [-0.15, -0.1) is 0 Å². The summed E-state index contributed by atoms with van der Waals surface area (Å²) in [5.74, 6) is -0.298. The maximum atomic E-state index is 14.0. The van der Waals surface area contributed by atoms with Crippen LogP contribution in [0.5, 0.6) is 0 Å². The van der Waals surface area contributed by atoms with Gasteiger partial charge in [0.1, 0.15) is 5.82 Å². The number of hydrogen-bond acceptors (Lipinski definition) is 4. The zero-order chi connectivity index (χ0) is 19.4. The number of benzene rings is 1. The molecule has 2 fully saturated rings. The number of carbonyl (C=O) groups excluding carboxylic acids is 1. The molecule has 1 N–H and O–H groups in total. The number of carbonyl (C=O) groups is 1. The quantitative estimate of drug-likeness (QED) is 0.798. The number of halogens is 2. The summed E-state index contributed by atoms with van der Waals surface area (Å²) in [6.07, 6.45) is 1.71. The van der Waals surface area contributed by atoms with E-state index in [9.17, 15) is 14.3 Å². The van der Waals surface area contributed by atoms with Gasteiger partial charge in [0, 0.05) is 62.9 Å². The maximum absolute atomic E-state index is 14.0. The van der Waals surface area contributed by atoms with Crippen molar-refractivity contribution in [2.24, 2.45) is 11.3 Å². The van der Waals surface area contributed by atoms with Crippen molar-refractivity contribution < 1.29 is 19.0 Å². The van der Waals surface area contributed by atoms with Crippen molar-refractivity contribution >= 4 is 17.5 Å². The highest BCUT2D eigenvalue weighted by Gasteiger charge is 2.47. The summed E-state index contributed by atoms with van der Waals surface area (Å²) < 4.78 is 19.1. The summed E-state index contributed by atoms with van der Waals surface area (Å²) in [5.41, 5.74) is 0.318. The second-order valence-corrected chi connectivity index (χ2v) is 8.13. The Balaban J connectivity index is 1.60. The topological polar surface area (TPSA) is 53.0 Å². The molecule has 1 spiro atoms. The third kappa shape index (κ3) is 4.45. The zero-order valence-corrected chi connectivity index (χ0v) is 16.6. The van der Waals surface area contributed by atoms with E-state index in [0.29, 0.717) is 24.7 Å². The zero-order valence-electron chi connectivity index (χ0n) is 15.8. The number of hydrogen-bond donors (Lipinski definition) is 1. The molecule has 0 radical (unpaired) electrons. The van der Waals surface area contributed by atoms with Crippen LogP contribution in [0.2, 0.25) is 5.02 Å². The largest absolute Gasteiger partial charge is 0.396 e. The lowest BCUT2D eigenvalue weighted by Gasteiger charge is -2.42. The monoisotopic (exact) mass is 398 g/mol. The first kappa shape index (κ1) is 20.5. The molecule has 2 heterocycles. The molecule has 27 heavy (non-hydrogen) atoms. The summed E-state index contributed by atoms with van der Waals surface area (Å²) >= 11 is 6.05. The lowest BCUT2D eigenvalue weighted by atomic mass is 9.71. The Bertz CT molecular complexity index is 644. The molecule has 1 atom stereocenters. The average Bonchev–Trinajstić information content (AvgIpc) is 3.00. The Kier molecular flexibility index (Phi) is 6.74. The van der Waals surface area contributed by atoms with Crippen LogP contribution in [0.1, 0.15) is 18.4 Å². The molecule has 0 aliphatic carbocycles. The van der Waals surface area contributed by atoms with Gasteiger partial charge in [-0.25, -0.2) is 4.39 Å². The van der Waals surface area contributed by atoms with Crippen molar-refractivity contribution in [2.45, 2.75) is 19.3 Å². The number of amides is 1. The van der Waals surface area contributed by atoms with Gasteiger partial charge in [0.15, 0.2) is 0 Å². The second-order valence-electron chi connectivity index (χ2n) is 7.73. The lowest BCUT2D eigenvalue weighted by molar-refractivity contribution is -0.133. The highest BCUT2D eigenvalue weighted by molar-refractivity contribution is 6.31. The molecule has 1 unspecified atom stereocenters. The molecular formula is C20H28ClFN2O3. The van der Waals surface area contributed by atoms with Gasteiger partial charge in [-0.1, -0.05) is 17.7 Å². The average molecular weight is 399 g/mol. The number of nitrogens with zero attached hydrogens (tertiary/aromatic N) is 2. The van der Waals surface area contributed by atoms with Gasteiger partial charge in [-0.2, -0.15) is 0 Å². The van der Waals surface area contributed by atoms with Gasteiger partial charge in [-0.05, 0) is 30.4 Å². The van der Waals surface area contributed by atoms with Crippen LogP contribution in [-0.4, -0.2) is 73.9 Å². The fourth-order valence-corrected chi connectivity index (χ4v) is 4.75. The van der Waals surface area contributed by atoms with E-state index >= 15 is 0 Å². The van der Waals surface area contributed by atoms with E-state index in [4.69, 9.17) is 16.3 Å². The third-order valence-electron chi connectivity index (χ3n) is 6.22. The second kappa shape index (κ2) is 8.86. The molecule has 0 aromatic heterocycles. The number of piperidine rings is 1. The molecule has 150 valence electrons. The Morgan fingerprint density at radius 1 is 1.41 bits per heavy atom. The number of ether oxygens (including phenoxy) is 1. The smallest absolute Gasteiger partial charge is 0.227 e. The Labute approximate surface area is 165 Å². The number of aliphatic hydroxyl groups excluding tert-OH is 1. The van der Waals surface area contributed by atoms with Crippen molar-refractivity contribution in [3.05, 3.63) is 34.6 Å². The van der Waals surface area contributed by atoms with Crippen molar-refractivity contribution in [2.75, 3.05) is 53.0 Å². The Hall–Kier alpha value is -1.21. The molecule has 2 aliphatic rings. The molecule has 5 nitrogen and oxygen atoms in total. The molecule has 2 aliphatic heterocycles. The summed E-state index contributed by atoms with van der Waals surface area (Å²) in [6.45, 7) is 4.80. The minimum atomic E-state index is -0.436. The molecule has 1 amide bonds. The van der Waals surface area contributed by atoms with Gasteiger partial charge >= 0.3 is 0 Å². The standard InChI is InChI=1S/C20H28ClFN2O3/c1-27-10-9-23-12-15(13-25)20(14-23)5-7-24(8-6-20)19(26)11-16-17(21)3-2-4-18(16)22/h2-4,15,25H,5-14H2,1H3. The highest BCUT2D eigenvalue weighted by Crippen LogP contribution is 2.44. The summed E-state index contributed by atoms with van der Waals surface area (Å²) in [5, 5.41) is 10.2. The van der Waals surface area contributed by atoms with E-state index in [2.05, 4.69) is 4.90 Å². The van der Waals surface area contributed by atoms with Gasteiger partial charge < -0.3 is 19.6 Å². The summed E-state index contributed by atoms with van der Waals surface area (Å²) in [6, 6.07) is 4.48. The van der Waals surface area contributed by atoms with E-state index in [1.165, 1.54) is 6.07 Å². The minimum Gasteiger partial charge on any atom is -0.396 e. The summed E-state index contributed by atoms with van der Waals surface area (Å²) in [7, 11) is 1.70. The molecule has 2 saturated heterocycles. The normalized spacial score (nSPS) is 22.5. The van der Waals surface area contributed by atoms with Crippen LogP contribution in [0.3, 0.4) is 0 Å². The number of rotatable bonds is 6. The van der Waals surface area contributed by atoms with Crippen LogP contribution < -0.4 is 0 Å². The predicted octanol–water partition coefficient (Wildman–Crippen LogP) is 2.20. The molecule has 1 aromatic carbocycles. The van der Waals surface area contributed by atoms with Crippen LogP contribution in [-0.2, 0) is 16.0 Å². The van der Waals surface area contributed by atoms with Crippen molar-refractivity contribution in [1.82, 2.24) is 9.80 Å². The first-order valence-electron chi connectivity index (χ1n) is 9.52. The van der Waals surface area contributed by atoms with E-state index in [-0.39, 0.29) is 35.8 Å². The van der Waals surface area contributed by atoms with E-state index in [1.807, 2.05) is 0 Å². The first-order valence-corrected chi connectivity index (χ1v) is 9.89. The fraction of sp³-hybridized carbons (Fsp3) is 0.650. The number of aliphatic hydroxyl groups is 1. The molecule has 1 aromatic rings. The predicted molar refractivity (Wildman–Crippen MR) is 102 cm³/mol.